The first kappa shape index (κ1) is 12.9. The van der Waals surface area contributed by atoms with Gasteiger partial charge in [0.15, 0.2) is 11.6 Å². The Hall–Kier alpha value is -1.55. The largest absolute Gasteiger partial charge is 0.486 e. The standard InChI is InChI=1S/C14H12F2OS/c1-18-12-5-2-10(3-6-12)9-17-14-7-4-11(15)8-13(14)16/h2-8H,9H2,1H3. The minimum Gasteiger partial charge on any atom is -0.486 e. The highest BCUT2D eigenvalue weighted by Crippen LogP contribution is 2.20. The number of hydrogen-bond donors (Lipinski definition) is 0. The first-order chi connectivity index (χ1) is 8.69. The Morgan fingerprint density at radius 1 is 1.06 bits per heavy atom. The number of hydrogen-bond acceptors (Lipinski definition) is 2. The van der Waals surface area contributed by atoms with E-state index in [2.05, 4.69) is 0 Å². The topological polar surface area (TPSA) is 9.23 Å². The summed E-state index contributed by atoms with van der Waals surface area (Å²) in [5.41, 5.74) is 0.941. The summed E-state index contributed by atoms with van der Waals surface area (Å²) in [5, 5.41) is 0. The molecule has 2 aromatic rings. The predicted octanol–water partition coefficient (Wildman–Crippen LogP) is 4.27. The molecule has 2 rings (SSSR count). The molecule has 0 amide bonds. The van der Waals surface area contributed by atoms with Crippen LogP contribution in [0.4, 0.5) is 8.78 Å². The van der Waals surface area contributed by atoms with Gasteiger partial charge in [0.05, 0.1) is 0 Å². The van der Waals surface area contributed by atoms with Crippen molar-refractivity contribution >= 4 is 11.8 Å². The molecule has 0 aliphatic heterocycles. The SMILES string of the molecule is CSc1ccc(COc2ccc(F)cc2F)cc1. The van der Waals surface area contributed by atoms with Gasteiger partial charge in [0.25, 0.3) is 0 Å². The van der Waals surface area contributed by atoms with Crippen molar-refractivity contribution in [3.63, 3.8) is 0 Å². The predicted molar refractivity (Wildman–Crippen MR) is 68.9 cm³/mol. The average molecular weight is 266 g/mol. The van der Waals surface area contributed by atoms with E-state index in [1.54, 1.807) is 11.8 Å². The van der Waals surface area contributed by atoms with Crippen LogP contribution in [0.1, 0.15) is 5.56 Å². The zero-order valence-corrected chi connectivity index (χ0v) is 10.6. The van der Waals surface area contributed by atoms with Gasteiger partial charge in [-0.05, 0) is 36.1 Å². The molecule has 0 unspecified atom stereocenters. The molecule has 1 nitrogen and oxygen atoms in total. The van der Waals surface area contributed by atoms with E-state index < -0.39 is 11.6 Å². The van der Waals surface area contributed by atoms with Crippen molar-refractivity contribution in [1.82, 2.24) is 0 Å². The van der Waals surface area contributed by atoms with E-state index in [9.17, 15) is 8.78 Å². The molecule has 18 heavy (non-hydrogen) atoms. The fourth-order valence-electron chi connectivity index (χ4n) is 1.48. The minimum absolute atomic E-state index is 0.0605. The Morgan fingerprint density at radius 3 is 2.39 bits per heavy atom. The highest BCUT2D eigenvalue weighted by Gasteiger charge is 2.05. The number of ether oxygens (including phenoxy) is 1. The van der Waals surface area contributed by atoms with Crippen LogP contribution < -0.4 is 4.74 Å². The van der Waals surface area contributed by atoms with Crippen LogP contribution >= 0.6 is 11.8 Å². The molecule has 0 bridgehead atoms. The summed E-state index contributed by atoms with van der Waals surface area (Å²) in [5.74, 6) is -1.23. The van der Waals surface area contributed by atoms with Gasteiger partial charge in [-0.3, -0.25) is 0 Å². The maximum atomic E-state index is 13.3. The third kappa shape index (κ3) is 3.23. The average Bonchev–Trinajstić information content (AvgIpc) is 2.38. The molecule has 0 saturated carbocycles. The van der Waals surface area contributed by atoms with E-state index in [-0.39, 0.29) is 12.4 Å². The Bertz CT molecular complexity index is 526. The molecule has 0 atom stereocenters. The van der Waals surface area contributed by atoms with Crippen LogP contribution in [0.5, 0.6) is 5.75 Å². The quantitative estimate of drug-likeness (QED) is 0.764. The van der Waals surface area contributed by atoms with Gasteiger partial charge < -0.3 is 4.74 Å². The van der Waals surface area contributed by atoms with Gasteiger partial charge in [-0.1, -0.05) is 12.1 Å². The van der Waals surface area contributed by atoms with Crippen LogP contribution in [-0.4, -0.2) is 6.26 Å². The minimum atomic E-state index is -0.685. The lowest BCUT2D eigenvalue weighted by Gasteiger charge is -2.07. The Kier molecular flexibility index (Phi) is 4.20. The summed E-state index contributed by atoms with van der Waals surface area (Å²) in [6, 6.07) is 11.1. The highest BCUT2D eigenvalue weighted by molar-refractivity contribution is 7.98. The summed E-state index contributed by atoms with van der Waals surface area (Å²) in [6.45, 7) is 0.261. The van der Waals surface area contributed by atoms with E-state index in [1.807, 2.05) is 30.5 Å². The Morgan fingerprint density at radius 2 is 1.78 bits per heavy atom. The number of halogens is 2. The number of rotatable bonds is 4. The van der Waals surface area contributed by atoms with E-state index in [0.29, 0.717) is 0 Å². The van der Waals surface area contributed by atoms with Gasteiger partial charge in [-0.15, -0.1) is 11.8 Å². The van der Waals surface area contributed by atoms with Crippen LogP contribution in [0.15, 0.2) is 47.4 Å². The molecule has 2 aromatic carbocycles. The Balaban J connectivity index is 2.02. The molecule has 0 heterocycles. The fourth-order valence-corrected chi connectivity index (χ4v) is 1.88. The lowest BCUT2D eigenvalue weighted by Crippen LogP contribution is -1.97. The summed E-state index contributed by atoms with van der Waals surface area (Å²) in [7, 11) is 0. The van der Waals surface area contributed by atoms with Crippen LogP contribution in [0.2, 0.25) is 0 Å². The smallest absolute Gasteiger partial charge is 0.167 e. The van der Waals surface area contributed by atoms with Crippen molar-refractivity contribution in [2.24, 2.45) is 0 Å². The molecule has 94 valence electrons. The van der Waals surface area contributed by atoms with Gasteiger partial charge in [0, 0.05) is 11.0 Å². The van der Waals surface area contributed by atoms with Crippen LogP contribution in [0, 0.1) is 11.6 Å². The normalized spacial score (nSPS) is 10.4. The van der Waals surface area contributed by atoms with E-state index in [1.165, 1.54) is 12.1 Å². The second-order valence-corrected chi connectivity index (χ2v) is 4.59. The monoisotopic (exact) mass is 266 g/mol. The molecule has 0 aromatic heterocycles. The first-order valence-corrected chi connectivity index (χ1v) is 6.62. The van der Waals surface area contributed by atoms with Crippen molar-refractivity contribution in [2.45, 2.75) is 11.5 Å². The van der Waals surface area contributed by atoms with Crippen molar-refractivity contribution < 1.29 is 13.5 Å². The summed E-state index contributed by atoms with van der Waals surface area (Å²) in [4.78, 5) is 1.16. The van der Waals surface area contributed by atoms with E-state index >= 15 is 0 Å². The second kappa shape index (κ2) is 5.87. The molecule has 4 heteroatoms. The van der Waals surface area contributed by atoms with Gasteiger partial charge in [0.2, 0.25) is 0 Å². The van der Waals surface area contributed by atoms with E-state index in [0.717, 1.165) is 16.5 Å². The van der Waals surface area contributed by atoms with E-state index in [4.69, 9.17) is 4.74 Å². The molecule has 0 N–H and O–H groups in total. The van der Waals surface area contributed by atoms with Gasteiger partial charge in [-0.2, -0.15) is 0 Å². The summed E-state index contributed by atoms with van der Waals surface area (Å²) in [6.07, 6.45) is 2.00. The number of benzene rings is 2. The van der Waals surface area contributed by atoms with Crippen LogP contribution in [-0.2, 0) is 6.61 Å². The lowest BCUT2D eigenvalue weighted by molar-refractivity contribution is 0.289. The fraction of sp³-hybridized carbons (Fsp3) is 0.143. The molecular formula is C14H12F2OS. The molecule has 0 aliphatic carbocycles. The zero-order chi connectivity index (χ0) is 13.0. The third-order valence-electron chi connectivity index (χ3n) is 2.45. The second-order valence-electron chi connectivity index (χ2n) is 3.71. The molecule has 0 spiro atoms. The van der Waals surface area contributed by atoms with Crippen LogP contribution in [0.3, 0.4) is 0 Å². The highest BCUT2D eigenvalue weighted by atomic mass is 32.2. The van der Waals surface area contributed by atoms with Crippen molar-refractivity contribution in [3.05, 3.63) is 59.7 Å². The maximum Gasteiger partial charge on any atom is 0.167 e. The lowest BCUT2D eigenvalue weighted by atomic mass is 10.2. The maximum absolute atomic E-state index is 13.3. The van der Waals surface area contributed by atoms with Gasteiger partial charge in [-0.25, -0.2) is 8.78 Å². The van der Waals surface area contributed by atoms with Gasteiger partial charge in [0.1, 0.15) is 12.4 Å². The van der Waals surface area contributed by atoms with Gasteiger partial charge >= 0.3 is 0 Å². The number of thioether (sulfide) groups is 1. The first-order valence-electron chi connectivity index (χ1n) is 5.40. The molecule has 0 fully saturated rings. The molecule has 0 saturated heterocycles. The van der Waals surface area contributed by atoms with Crippen molar-refractivity contribution in [3.8, 4) is 5.75 Å². The van der Waals surface area contributed by atoms with Crippen molar-refractivity contribution in [1.29, 1.82) is 0 Å². The third-order valence-corrected chi connectivity index (χ3v) is 3.19. The summed E-state index contributed by atoms with van der Waals surface area (Å²) >= 11 is 1.65. The zero-order valence-electron chi connectivity index (χ0n) is 9.82. The molecule has 0 radical (unpaired) electrons. The Labute approximate surface area is 109 Å². The molecule has 0 aliphatic rings. The van der Waals surface area contributed by atoms with Crippen LogP contribution in [0.25, 0.3) is 0 Å². The summed E-state index contributed by atoms with van der Waals surface area (Å²) < 4.78 is 31.3. The van der Waals surface area contributed by atoms with Crippen molar-refractivity contribution in [2.75, 3.05) is 6.26 Å². The molecular weight excluding hydrogens is 254 g/mol.